The molecule has 20 heavy (non-hydrogen) atoms. The summed E-state index contributed by atoms with van der Waals surface area (Å²) >= 11 is 5.72. The van der Waals surface area contributed by atoms with E-state index in [1.165, 1.54) is 25.3 Å². The minimum atomic E-state index is -0.525. The van der Waals surface area contributed by atoms with Crippen molar-refractivity contribution in [3.8, 4) is 5.75 Å². The lowest BCUT2D eigenvalue weighted by Crippen LogP contribution is -2.12. The molecular weight excluding hydrogens is 283 g/mol. The molecular formula is C14H12ClFN2O2. The van der Waals surface area contributed by atoms with Crippen LogP contribution in [0.4, 0.5) is 15.8 Å². The number of rotatable bonds is 3. The van der Waals surface area contributed by atoms with Crippen molar-refractivity contribution in [1.82, 2.24) is 0 Å². The summed E-state index contributed by atoms with van der Waals surface area (Å²) in [5.41, 5.74) is 6.72. The van der Waals surface area contributed by atoms with Crippen LogP contribution >= 0.6 is 11.6 Å². The van der Waals surface area contributed by atoms with Crippen LogP contribution in [0.5, 0.6) is 5.75 Å². The standard InChI is InChI=1S/C14H12ClFN2O2/c1-20-13-4-8(2-3-12(13)17)14(19)18-11-6-9(15)5-10(16)7-11/h2-7H,17H2,1H3,(H,18,19). The minimum absolute atomic E-state index is 0.204. The van der Waals surface area contributed by atoms with Gasteiger partial charge in [-0.3, -0.25) is 4.79 Å². The van der Waals surface area contributed by atoms with E-state index in [1.54, 1.807) is 12.1 Å². The van der Waals surface area contributed by atoms with E-state index in [4.69, 9.17) is 22.1 Å². The molecule has 0 unspecified atom stereocenters. The molecule has 0 aliphatic heterocycles. The fourth-order valence-electron chi connectivity index (χ4n) is 1.68. The van der Waals surface area contributed by atoms with Crippen LogP contribution in [-0.4, -0.2) is 13.0 Å². The molecule has 4 nitrogen and oxygen atoms in total. The number of nitrogens with one attached hydrogen (secondary N) is 1. The number of amides is 1. The van der Waals surface area contributed by atoms with Crippen molar-refractivity contribution in [2.75, 3.05) is 18.2 Å². The number of carbonyl (C=O) groups is 1. The lowest BCUT2D eigenvalue weighted by molar-refractivity contribution is 0.102. The lowest BCUT2D eigenvalue weighted by atomic mass is 10.1. The average molecular weight is 295 g/mol. The first-order chi connectivity index (χ1) is 9.49. The van der Waals surface area contributed by atoms with Crippen molar-refractivity contribution in [3.05, 3.63) is 52.8 Å². The number of ether oxygens (including phenoxy) is 1. The summed E-state index contributed by atoms with van der Waals surface area (Å²) in [4.78, 5) is 12.0. The highest BCUT2D eigenvalue weighted by molar-refractivity contribution is 6.31. The summed E-state index contributed by atoms with van der Waals surface area (Å²) in [5, 5.41) is 2.75. The van der Waals surface area contributed by atoms with E-state index < -0.39 is 11.7 Å². The zero-order valence-corrected chi connectivity index (χ0v) is 11.4. The Bertz CT molecular complexity index is 641. The van der Waals surface area contributed by atoms with Gasteiger partial charge in [-0.25, -0.2) is 4.39 Å². The minimum Gasteiger partial charge on any atom is -0.495 e. The molecule has 0 aromatic heterocycles. The fourth-order valence-corrected chi connectivity index (χ4v) is 1.90. The summed E-state index contributed by atoms with van der Waals surface area (Å²) in [6, 6.07) is 8.41. The number of nitrogen functional groups attached to an aromatic ring is 1. The van der Waals surface area contributed by atoms with E-state index in [2.05, 4.69) is 5.32 Å². The number of nitrogens with two attached hydrogens (primary N) is 1. The number of carbonyl (C=O) groups excluding carboxylic acids is 1. The van der Waals surface area contributed by atoms with Crippen LogP contribution in [0.15, 0.2) is 36.4 Å². The Morgan fingerprint density at radius 2 is 2.05 bits per heavy atom. The highest BCUT2D eigenvalue weighted by Gasteiger charge is 2.10. The Labute approximate surface area is 120 Å². The molecule has 6 heteroatoms. The Kier molecular flexibility index (Phi) is 4.10. The normalized spacial score (nSPS) is 10.2. The molecule has 0 saturated heterocycles. The second-order valence-electron chi connectivity index (χ2n) is 4.07. The second kappa shape index (κ2) is 5.79. The van der Waals surface area contributed by atoms with Crippen LogP contribution < -0.4 is 15.8 Å². The first-order valence-corrected chi connectivity index (χ1v) is 6.08. The molecule has 0 saturated carbocycles. The van der Waals surface area contributed by atoms with Gasteiger partial charge in [0.1, 0.15) is 11.6 Å². The third-order valence-corrected chi connectivity index (χ3v) is 2.83. The average Bonchev–Trinajstić information content (AvgIpc) is 2.37. The van der Waals surface area contributed by atoms with Crippen molar-refractivity contribution >= 4 is 28.9 Å². The summed E-state index contributed by atoms with van der Waals surface area (Å²) < 4.78 is 18.2. The van der Waals surface area contributed by atoms with Gasteiger partial charge < -0.3 is 15.8 Å². The van der Waals surface area contributed by atoms with E-state index in [1.807, 2.05) is 0 Å². The molecule has 0 spiro atoms. The van der Waals surface area contributed by atoms with Gasteiger partial charge in [0.2, 0.25) is 0 Å². The molecule has 104 valence electrons. The molecule has 0 aliphatic rings. The third kappa shape index (κ3) is 3.19. The molecule has 1 amide bonds. The lowest BCUT2D eigenvalue weighted by Gasteiger charge is -2.09. The van der Waals surface area contributed by atoms with E-state index in [0.717, 1.165) is 6.07 Å². The maximum Gasteiger partial charge on any atom is 0.255 e. The number of anilines is 2. The van der Waals surface area contributed by atoms with Crippen LogP contribution in [0.2, 0.25) is 5.02 Å². The molecule has 0 atom stereocenters. The predicted molar refractivity (Wildman–Crippen MR) is 76.8 cm³/mol. The second-order valence-corrected chi connectivity index (χ2v) is 4.51. The van der Waals surface area contributed by atoms with Gasteiger partial charge in [0.05, 0.1) is 12.8 Å². The number of methoxy groups -OCH3 is 1. The van der Waals surface area contributed by atoms with Crippen molar-refractivity contribution in [3.63, 3.8) is 0 Å². The highest BCUT2D eigenvalue weighted by Crippen LogP contribution is 2.23. The molecule has 2 aromatic rings. The van der Waals surface area contributed by atoms with Gasteiger partial charge >= 0.3 is 0 Å². The summed E-state index contributed by atoms with van der Waals surface area (Å²) in [6.45, 7) is 0. The molecule has 2 rings (SSSR count). The van der Waals surface area contributed by atoms with E-state index in [9.17, 15) is 9.18 Å². The molecule has 0 fully saturated rings. The zero-order valence-electron chi connectivity index (χ0n) is 10.6. The van der Waals surface area contributed by atoms with Gasteiger partial charge in [0.25, 0.3) is 5.91 Å². The molecule has 0 bridgehead atoms. The monoisotopic (exact) mass is 294 g/mol. The van der Waals surface area contributed by atoms with Crippen molar-refractivity contribution in [1.29, 1.82) is 0 Å². The van der Waals surface area contributed by atoms with Crippen LogP contribution in [0, 0.1) is 5.82 Å². The first-order valence-electron chi connectivity index (χ1n) is 5.70. The third-order valence-electron chi connectivity index (χ3n) is 2.62. The van der Waals surface area contributed by atoms with Crippen LogP contribution in [0.25, 0.3) is 0 Å². The smallest absolute Gasteiger partial charge is 0.255 e. The van der Waals surface area contributed by atoms with Crippen LogP contribution in [-0.2, 0) is 0 Å². The topological polar surface area (TPSA) is 64.3 Å². The van der Waals surface area contributed by atoms with Crippen molar-refractivity contribution in [2.45, 2.75) is 0 Å². The van der Waals surface area contributed by atoms with Gasteiger partial charge in [-0.2, -0.15) is 0 Å². The molecule has 0 heterocycles. The Morgan fingerprint density at radius 1 is 1.30 bits per heavy atom. The van der Waals surface area contributed by atoms with E-state index in [0.29, 0.717) is 17.0 Å². The fraction of sp³-hybridized carbons (Fsp3) is 0.0714. The number of benzene rings is 2. The SMILES string of the molecule is COc1cc(C(=O)Nc2cc(F)cc(Cl)c2)ccc1N. The van der Waals surface area contributed by atoms with Gasteiger partial charge in [-0.1, -0.05) is 11.6 Å². The van der Waals surface area contributed by atoms with Gasteiger partial charge in [-0.05, 0) is 36.4 Å². The summed E-state index contributed by atoms with van der Waals surface area (Å²) in [7, 11) is 1.46. The Hall–Kier alpha value is -2.27. The summed E-state index contributed by atoms with van der Waals surface area (Å²) in [6.07, 6.45) is 0. The summed E-state index contributed by atoms with van der Waals surface area (Å²) in [5.74, 6) is -0.539. The van der Waals surface area contributed by atoms with E-state index in [-0.39, 0.29) is 10.7 Å². The van der Waals surface area contributed by atoms with Crippen molar-refractivity contribution in [2.24, 2.45) is 0 Å². The van der Waals surface area contributed by atoms with E-state index >= 15 is 0 Å². The van der Waals surface area contributed by atoms with Gasteiger partial charge in [0.15, 0.2) is 0 Å². The Balaban J connectivity index is 2.23. The Morgan fingerprint density at radius 3 is 2.70 bits per heavy atom. The molecule has 2 aromatic carbocycles. The van der Waals surface area contributed by atoms with Crippen LogP contribution in [0.1, 0.15) is 10.4 Å². The van der Waals surface area contributed by atoms with Gasteiger partial charge in [-0.15, -0.1) is 0 Å². The first kappa shape index (κ1) is 14.1. The zero-order chi connectivity index (χ0) is 14.7. The maximum absolute atomic E-state index is 13.2. The maximum atomic E-state index is 13.2. The van der Waals surface area contributed by atoms with Gasteiger partial charge in [0, 0.05) is 16.3 Å². The molecule has 0 aliphatic carbocycles. The largest absolute Gasteiger partial charge is 0.495 e. The number of hydrogen-bond donors (Lipinski definition) is 2. The van der Waals surface area contributed by atoms with Crippen molar-refractivity contribution < 1.29 is 13.9 Å². The molecule has 0 radical (unpaired) electrons. The number of hydrogen-bond acceptors (Lipinski definition) is 3. The van der Waals surface area contributed by atoms with Crippen LogP contribution in [0.3, 0.4) is 0 Å². The molecule has 3 N–H and O–H groups in total. The highest BCUT2D eigenvalue weighted by atomic mass is 35.5. The number of halogens is 2. The quantitative estimate of drug-likeness (QED) is 0.854. The predicted octanol–water partition coefficient (Wildman–Crippen LogP) is 3.32.